The second kappa shape index (κ2) is 7.68. The van der Waals surface area contributed by atoms with Crippen LogP contribution in [0.5, 0.6) is 5.75 Å². The Morgan fingerprint density at radius 2 is 2.00 bits per heavy atom. The van der Waals surface area contributed by atoms with Crippen molar-refractivity contribution in [1.82, 2.24) is 5.32 Å². The van der Waals surface area contributed by atoms with Crippen molar-refractivity contribution in [2.24, 2.45) is 0 Å². The summed E-state index contributed by atoms with van der Waals surface area (Å²) >= 11 is 0. The summed E-state index contributed by atoms with van der Waals surface area (Å²) in [6.07, 6.45) is 0.0706. The molecule has 1 atom stereocenters. The molecule has 6 nitrogen and oxygen atoms in total. The van der Waals surface area contributed by atoms with Crippen LogP contribution in [0.1, 0.15) is 33.3 Å². The number of carbonyl (C=O) groups is 2. The lowest BCUT2D eigenvalue weighted by Crippen LogP contribution is -2.46. The van der Waals surface area contributed by atoms with E-state index in [2.05, 4.69) is 5.32 Å². The monoisotopic (exact) mass is 309 g/mol. The Bertz CT molecular complexity index is 522. The Labute approximate surface area is 130 Å². The fourth-order valence-electron chi connectivity index (χ4n) is 1.66. The molecule has 0 aromatic heterocycles. The number of carboxylic acid groups (broad SMARTS) is 1. The first-order valence-corrected chi connectivity index (χ1v) is 7.15. The van der Waals surface area contributed by atoms with E-state index < -0.39 is 23.7 Å². The van der Waals surface area contributed by atoms with Gasteiger partial charge in [-0.05, 0) is 44.9 Å². The average Bonchev–Trinajstić information content (AvgIpc) is 2.41. The molecule has 0 radical (unpaired) electrons. The van der Waals surface area contributed by atoms with Crippen molar-refractivity contribution >= 4 is 12.1 Å². The molecule has 0 saturated heterocycles. The van der Waals surface area contributed by atoms with Crippen LogP contribution in [-0.4, -0.2) is 35.4 Å². The number of carbonyl (C=O) groups excluding carboxylic acids is 1. The van der Waals surface area contributed by atoms with Gasteiger partial charge in [0.1, 0.15) is 18.0 Å². The van der Waals surface area contributed by atoms with Crippen molar-refractivity contribution in [2.75, 3.05) is 6.61 Å². The van der Waals surface area contributed by atoms with Crippen molar-refractivity contribution in [3.63, 3.8) is 0 Å². The Morgan fingerprint density at radius 1 is 1.32 bits per heavy atom. The quantitative estimate of drug-likeness (QED) is 0.843. The normalized spacial score (nSPS) is 12.4. The second-order valence-corrected chi connectivity index (χ2v) is 5.85. The number of benzene rings is 1. The number of carboxylic acids is 1. The highest BCUT2D eigenvalue weighted by Crippen LogP contribution is 2.14. The lowest BCUT2D eigenvalue weighted by atomic mass is 10.2. The zero-order valence-corrected chi connectivity index (χ0v) is 13.4. The summed E-state index contributed by atoms with van der Waals surface area (Å²) in [6, 6.07) is 6.20. The van der Waals surface area contributed by atoms with E-state index in [9.17, 15) is 9.59 Å². The summed E-state index contributed by atoms with van der Waals surface area (Å²) in [6.45, 7) is 6.95. The smallest absolute Gasteiger partial charge is 0.408 e. The third kappa shape index (κ3) is 6.47. The van der Waals surface area contributed by atoms with Crippen LogP contribution in [0.15, 0.2) is 24.3 Å². The van der Waals surface area contributed by atoms with E-state index in [1.165, 1.54) is 0 Å². The molecule has 1 aromatic rings. The fraction of sp³-hybridized carbons (Fsp3) is 0.500. The molecule has 1 amide bonds. The average molecular weight is 309 g/mol. The highest BCUT2D eigenvalue weighted by Gasteiger charge is 2.24. The van der Waals surface area contributed by atoms with Gasteiger partial charge >= 0.3 is 12.1 Å². The number of hydrogen-bond acceptors (Lipinski definition) is 4. The first-order chi connectivity index (χ1) is 10.2. The first-order valence-electron chi connectivity index (χ1n) is 7.15. The van der Waals surface area contributed by atoms with Crippen LogP contribution < -0.4 is 10.1 Å². The van der Waals surface area contributed by atoms with E-state index in [0.29, 0.717) is 5.75 Å². The molecule has 122 valence electrons. The molecule has 0 aliphatic heterocycles. The molecule has 0 bridgehead atoms. The predicted molar refractivity (Wildman–Crippen MR) is 82.1 cm³/mol. The van der Waals surface area contributed by atoms with E-state index in [4.69, 9.17) is 14.6 Å². The van der Waals surface area contributed by atoms with E-state index in [1.807, 2.05) is 25.1 Å². The molecule has 0 heterocycles. The Kier molecular flexibility index (Phi) is 6.22. The maximum atomic E-state index is 11.6. The minimum absolute atomic E-state index is 0.179. The standard InChI is InChI=1S/C16H23NO5/c1-5-11-7-6-8-12(9-11)21-10-13(14(18)19)17-15(20)22-16(2,3)4/h6-9,13H,5,10H2,1-4H3,(H,17,20)(H,18,19)/t13-/m1/s1. The summed E-state index contributed by atoms with van der Waals surface area (Å²) < 4.78 is 10.5. The molecule has 2 N–H and O–H groups in total. The van der Waals surface area contributed by atoms with Crippen molar-refractivity contribution in [3.05, 3.63) is 29.8 Å². The van der Waals surface area contributed by atoms with Gasteiger partial charge in [-0.25, -0.2) is 9.59 Å². The van der Waals surface area contributed by atoms with Gasteiger partial charge in [0.25, 0.3) is 0 Å². The number of nitrogens with one attached hydrogen (secondary N) is 1. The summed E-state index contributed by atoms with van der Waals surface area (Å²) in [4.78, 5) is 22.8. The molecule has 0 fully saturated rings. The van der Waals surface area contributed by atoms with Crippen LogP contribution in [0.3, 0.4) is 0 Å². The number of aliphatic carboxylic acids is 1. The van der Waals surface area contributed by atoms with Crippen LogP contribution >= 0.6 is 0 Å². The van der Waals surface area contributed by atoms with Crippen molar-refractivity contribution in [2.45, 2.75) is 45.8 Å². The first kappa shape index (κ1) is 17.8. The second-order valence-electron chi connectivity index (χ2n) is 5.85. The van der Waals surface area contributed by atoms with Gasteiger partial charge in [0, 0.05) is 0 Å². The third-order valence-electron chi connectivity index (χ3n) is 2.71. The molecule has 0 aliphatic rings. The number of amides is 1. The van der Waals surface area contributed by atoms with Crippen LogP contribution in [0, 0.1) is 0 Å². The largest absolute Gasteiger partial charge is 0.491 e. The molecule has 0 spiro atoms. The van der Waals surface area contributed by atoms with E-state index >= 15 is 0 Å². The third-order valence-corrected chi connectivity index (χ3v) is 2.71. The Hall–Kier alpha value is -2.24. The lowest BCUT2D eigenvalue weighted by Gasteiger charge is -2.22. The summed E-state index contributed by atoms with van der Waals surface area (Å²) in [5.41, 5.74) is 0.396. The SMILES string of the molecule is CCc1cccc(OC[C@@H](NC(=O)OC(C)(C)C)C(=O)O)c1. The molecule has 0 unspecified atom stereocenters. The Morgan fingerprint density at radius 3 is 2.55 bits per heavy atom. The molecule has 1 rings (SSSR count). The maximum Gasteiger partial charge on any atom is 0.408 e. The minimum Gasteiger partial charge on any atom is -0.491 e. The maximum absolute atomic E-state index is 11.6. The highest BCUT2D eigenvalue weighted by atomic mass is 16.6. The number of ether oxygens (including phenoxy) is 2. The van der Waals surface area contributed by atoms with Gasteiger partial charge in [-0.3, -0.25) is 0 Å². The van der Waals surface area contributed by atoms with Gasteiger partial charge in [-0.2, -0.15) is 0 Å². The van der Waals surface area contributed by atoms with Gasteiger partial charge in [0.2, 0.25) is 0 Å². The number of aryl methyl sites for hydroxylation is 1. The molecule has 6 heteroatoms. The van der Waals surface area contributed by atoms with Crippen molar-refractivity contribution in [1.29, 1.82) is 0 Å². The summed E-state index contributed by atoms with van der Waals surface area (Å²) in [7, 11) is 0. The molecular weight excluding hydrogens is 286 g/mol. The number of hydrogen-bond donors (Lipinski definition) is 2. The van der Waals surface area contributed by atoms with Crippen LogP contribution in [-0.2, 0) is 16.0 Å². The van der Waals surface area contributed by atoms with Crippen molar-refractivity contribution < 1.29 is 24.2 Å². The molecule has 0 aliphatic carbocycles. The van der Waals surface area contributed by atoms with Gasteiger partial charge in [0.05, 0.1) is 0 Å². The molecular formula is C16H23NO5. The van der Waals surface area contributed by atoms with Gasteiger partial charge < -0.3 is 19.9 Å². The minimum atomic E-state index is -1.18. The van der Waals surface area contributed by atoms with Gasteiger partial charge in [-0.15, -0.1) is 0 Å². The number of rotatable bonds is 6. The van der Waals surface area contributed by atoms with Crippen LogP contribution in [0.2, 0.25) is 0 Å². The van der Waals surface area contributed by atoms with Gasteiger partial charge in [-0.1, -0.05) is 19.1 Å². The van der Waals surface area contributed by atoms with Crippen LogP contribution in [0.25, 0.3) is 0 Å². The topological polar surface area (TPSA) is 84.9 Å². The molecule has 1 aromatic carbocycles. The summed E-state index contributed by atoms with van der Waals surface area (Å²) in [5.74, 6) is -0.617. The molecule has 22 heavy (non-hydrogen) atoms. The highest BCUT2D eigenvalue weighted by molar-refractivity contribution is 5.80. The Balaban J connectivity index is 2.61. The fourth-order valence-corrected chi connectivity index (χ4v) is 1.66. The van der Waals surface area contributed by atoms with Crippen molar-refractivity contribution in [3.8, 4) is 5.75 Å². The summed E-state index contributed by atoms with van der Waals surface area (Å²) in [5, 5.41) is 11.4. The zero-order chi connectivity index (χ0) is 16.8. The molecule has 0 saturated carbocycles. The van der Waals surface area contributed by atoms with E-state index in [-0.39, 0.29) is 6.61 Å². The number of alkyl carbamates (subject to hydrolysis) is 1. The van der Waals surface area contributed by atoms with Crippen LogP contribution in [0.4, 0.5) is 4.79 Å². The van der Waals surface area contributed by atoms with E-state index in [0.717, 1.165) is 12.0 Å². The zero-order valence-electron chi connectivity index (χ0n) is 13.4. The lowest BCUT2D eigenvalue weighted by molar-refractivity contribution is -0.140. The predicted octanol–water partition coefficient (Wildman–Crippen LogP) is 2.61. The van der Waals surface area contributed by atoms with E-state index in [1.54, 1.807) is 26.8 Å². The van der Waals surface area contributed by atoms with Gasteiger partial charge in [0.15, 0.2) is 6.04 Å².